The molecule has 0 spiro atoms. The van der Waals surface area contributed by atoms with Crippen LogP contribution in [0.25, 0.3) is 88.2 Å². The number of para-hydroxylation sites is 2. The molecule has 4 heterocycles. The van der Waals surface area contributed by atoms with Gasteiger partial charge in [-0.15, -0.1) is 0 Å². The topological polar surface area (TPSA) is 83.5 Å². The van der Waals surface area contributed by atoms with E-state index in [9.17, 15) is 10.5 Å². The Kier molecular flexibility index (Phi) is 5.61. The number of furan rings is 1. The minimum absolute atomic E-state index is 0.558. The molecule has 6 aromatic carbocycles. The summed E-state index contributed by atoms with van der Waals surface area (Å²) in [4.78, 5) is 4.80. The summed E-state index contributed by atoms with van der Waals surface area (Å²) in [6.07, 6.45) is 1.83. The molecule has 0 bridgehead atoms. The number of pyridine rings is 1. The third-order valence-electron chi connectivity index (χ3n) is 9.57. The number of benzene rings is 6. The smallest absolute Gasteiger partial charge is 0.160 e. The number of fused-ring (bicyclic) bond motifs is 10. The highest BCUT2D eigenvalue weighted by atomic mass is 16.3. The van der Waals surface area contributed by atoms with Crippen molar-refractivity contribution in [1.82, 2.24) is 14.1 Å². The first-order valence-corrected chi connectivity index (χ1v) is 16.0. The van der Waals surface area contributed by atoms with Gasteiger partial charge in [0, 0.05) is 44.5 Å². The molecule has 0 unspecified atom stereocenters. The van der Waals surface area contributed by atoms with Crippen molar-refractivity contribution in [2.45, 2.75) is 0 Å². The lowest BCUT2D eigenvalue weighted by Gasteiger charge is -2.13. The standard InChI is InChI=1S/C43H23N5O/c44-24-26-14-17-38-36(21-26)32-9-1-3-11-37(32)47(38)31-20-27(25-45)19-29(23-31)28-7-5-8-30(22-28)48-39-12-6-18-46-41(39)35-16-15-34-33-10-2-4-13-40(33)49-43(34)42(35)48/h1-23H. The lowest BCUT2D eigenvalue weighted by atomic mass is 10.0. The lowest BCUT2D eigenvalue weighted by Crippen LogP contribution is -1.97. The maximum absolute atomic E-state index is 10.2. The molecule has 226 valence electrons. The van der Waals surface area contributed by atoms with Crippen LogP contribution >= 0.6 is 0 Å². The molecule has 49 heavy (non-hydrogen) atoms. The van der Waals surface area contributed by atoms with Crippen LogP contribution in [0.2, 0.25) is 0 Å². The van der Waals surface area contributed by atoms with Gasteiger partial charge in [0.25, 0.3) is 0 Å². The highest BCUT2D eigenvalue weighted by Gasteiger charge is 2.20. The third-order valence-corrected chi connectivity index (χ3v) is 9.57. The number of hydrogen-bond donors (Lipinski definition) is 0. The van der Waals surface area contributed by atoms with Gasteiger partial charge >= 0.3 is 0 Å². The summed E-state index contributed by atoms with van der Waals surface area (Å²) in [7, 11) is 0. The van der Waals surface area contributed by atoms with E-state index >= 15 is 0 Å². The van der Waals surface area contributed by atoms with Gasteiger partial charge in [-0.05, 0) is 96.1 Å². The Morgan fingerprint density at radius 3 is 2.18 bits per heavy atom. The molecule has 0 saturated carbocycles. The SMILES string of the molecule is N#Cc1cc(-c2cccc(-n3c4cccnc4c4ccc5c6ccccc6oc5c43)c2)cc(-n2c3ccccc3c3cc(C#N)ccc32)c1. The normalized spacial score (nSPS) is 11.6. The molecule has 10 aromatic rings. The minimum Gasteiger partial charge on any atom is -0.454 e. The highest BCUT2D eigenvalue weighted by Crippen LogP contribution is 2.40. The van der Waals surface area contributed by atoms with Crippen LogP contribution in [0.3, 0.4) is 0 Å². The van der Waals surface area contributed by atoms with Gasteiger partial charge in [-0.2, -0.15) is 10.5 Å². The van der Waals surface area contributed by atoms with E-state index in [1.807, 2.05) is 72.9 Å². The molecule has 6 nitrogen and oxygen atoms in total. The summed E-state index contributed by atoms with van der Waals surface area (Å²) in [5.41, 5.74) is 11.4. The molecule has 0 aliphatic heterocycles. The lowest BCUT2D eigenvalue weighted by molar-refractivity contribution is 0.671. The monoisotopic (exact) mass is 625 g/mol. The van der Waals surface area contributed by atoms with E-state index in [1.54, 1.807) is 0 Å². The van der Waals surface area contributed by atoms with Gasteiger partial charge in [0.2, 0.25) is 0 Å². The van der Waals surface area contributed by atoms with Crippen LogP contribution < -0.4 is 0 Å². The zero-order chi connectivity index (χ0) is 32.6. The van der Waals surface area contributed by atoms with Crippen LogP contribution in [0, 0.1) is 22.7 Å². The molecule has 0 amide bonds. The Hall–Kier alpha value is -7.15. The molecule has 0 aliphatic carbocycles. The van der Waals surface area contributed by atoms with Gasteiger partial charge in [0.05, 0.1) is 50.8 Å². The van der Waals surface area contributed by atoms with Crippen molar-refractivity contribution in [2.24, 2.45) is 0 Å². The highest BCUT2D eigenvalue weighted by molar-refractivity contribution is 6.20. The molecule has 0 N–H and O–H groups in total. The first-order valence-electron chi connectivity index (χ1n) is 16.0. The van der Waals surface area contributed by atoms with Crippen LogP contribution in [0.15, 0.2) is 144 Å². The van der Waals surface area contributed by atoms with Crippen molar-refractivity contribution in [3.05, 3.63) is 151 Å². The number of aromatic nitrogens is 3. The second kappa shape index (κ2) is 10.2. The van der Waals surface area contributed by atoms with Gasteiger partial charge in [0.1, 0.15) is 5.58 Å². The zero-order valence-electron chi connectivity index (χ0n) is 25.9. The second-order valence-corrected chi connectivity index (χ2v) is 12.3. The summed E-state index contributed by atoms with van der Waals surface area (Å²) in [5.74, 6) is 0. The van der Waals surface area contributed by atoms with Gasteiger partial charge in [0.15, 0.2) is 5.58 Å². The van der Waals surface area contributed by atoms with Gasteiger partial charge < -0.3 is 13.6 Å². The number of rotatable bonds is 3. The van der Waals surface area contributed by atoms with Crippen LogP contribution in [-0.4, -0.2) is 14.1 Å². The van der Waals surface area contributed by atoms with E-state index in [1.165, 1.54) is 0 Å². The largest absolute Gasteiger partial charge is 0.454 e. The fraction of sp³-hybridized carbons (Fsp3) is 0. The van der Waals surface area contributed by atoms with Crippen LogP contribution in [0.1, 0.15) is 11.1 Å². The number of nitriles is 2. The molecule has 0 aliphatic rings. The van der Waals surface area contributed by atoms with Crippen LogP contribution in [-0.2, 0) is 0 Å². The van der Waals surface area contributed by atoms with Gasteiger partial charge in [-0.1, -0.05) is 48.5 Å². The Labute approximate surface area is 279 Å². The Balaban J connectivity index is 1.22. The predicted molar refractivity (Wildman–Crippen MR) is 195 cm³/mol. The van der Waals surface area contributed by atoms with E-state index in [0.29, 0.717) is 11.1 Å². The quantitative estimate of drug-likeness (QED) is 0.196. The summed E-state index contributed by atoms with van der Waals surface area (Å²) in [6, 6.07) is 49.5. The summed E-state index contributed by atoms with van der Waals surface area (Å²) in [6.45, 7) is 0. The van der Waals surface area contributed by atoms with Crippen molar-refractivity contribution in [1.29, 1.82) is 10.5 Å². The molecular weight excluding hydrogens is 603 g/mol. The van der Waals surface area contributed by atoms with Crippen molar-refractivity contribution >= 4 is 65.7 Å². The van der Waals surface area contributed by atoms with Gasteiger partial charge in [-0.25, -0.2) is 0 Å². The summed E-state index contributed by atoms with van der Waals surface area (Å²) in [5, 5.41) is 25.0. The van der Waals surface area contributed by atoms with Gasteiger partial charge in [-0.3, -0.25) is 4.98 Å². The van der Waals surface area contributed by atoms with E-state index in [2.05, 4.69) is 88.0 Å². The van der Waals surface area contributed by atoms with Crippen LogP contribution in [0.5, 0.6) is 0 Å². The van der Waals surface area contributed by atoms with Crippen molar-refractivity contribution in [2.75, 3.05) is 0 Å². The van der Waals surface area contributed by atoms with Crippen LogP contribution in [0.4, 0.5) is 0 Å². The molecule has 6 heteroatoms. The number of hydrogen-bond acceptors (Lipinski definition) is 4. The minimum atomic E-state index is 0.558. The van der Waals surface area contributed by atoms with E-state index < -0.39 is 0 Å². The molecule has 0 atom stereocenters. The third kappa shape index (κ3) is 3.89. The Morgan fingerprint density at radius 1 is 0.510 bits per heavy atom. The number of nitrogens with zero attached hydrogens (tertiary/aromatic N) is 5. The summed E-state index contributed by atoms with van der Waals surface area (Å²) >= 11 is 0. The van der Waals surface area contributed by atoms with Crippen molar-refractivity contribution < 1.29 is 4.42 Å². The average Bonchev–Trinajstić information content (AvgIpc) is 3.82. The average molecular weight is 626 g/mol. The van der Waals surface area contributed by atoms with E-state index in [-0.39, 0.29) is 0 Å². The molecule has 4 aromatic heterocycles. The summed E-state index contributed by atoms with van der Waals surface area (Å²) < 4.78 is 11.0. The molecule has 0 saturated heterocycles. The maximum atomic E-state index is 10.2. The zero-order valence-corrected chi connectivity index (χ0v) is 25.9. The van der Waals surface area contributed by atoms with E-state index in [4.69, 9.17) is 9.40 Å². The molecular formula is C43H23N5O. The fourth-order valence-electron chi connectivity index (χ4n) is 7.48. The van der Waals surface area contributed by atoms with Crippen molar-refractivity contribution in [3.63, 3.8) is 0 Å². The first kappa shape index (κ1) is 27.0. The maximum Gasteiger partial charge on any atom is 0.160 e. The molecule has 10 rings (SSSR count). The predicted octanol–water partition coefficient (Wildman–Crippen LogP) is 10.6. The molecule has 0 fully saturated rings. The Bertz CT molecular complexity index is 3090. The fourth-order valence-corrected chi connectivity index (χ4v) is 7.48. The molecule has 0 radical (unpaired) electrons. The Morgan fingerprint density at radius 2 is 1.29 bits per heavy atom. The second-order valence-electron chi connectivity index (χ2n) is 12.3. The first-order chi connectivity index (χ1) is 24.2. The van der Waals surface area contributed by atoms with Crippen molar-refractivity contribution in [3.8, 4) is 34.6 Å². The van der Waals surface area contributed by atoms with E-state index in [0.717, 1.165) is 88.2 Å².